The summed E-state index contributed by atoms with van der Waals surface area (Å²) >= 11 is 5.90. The minimum atomic E-state index is -1.66. The number of carbonyl (C=O) groups is 1. The molecule has 1 aliphatic heterocycles. The van der Waals surface area contributed by atoms with Crippen LogP contribution in [0.4, 0.5) is 8.78 Å². The number of hydrogen-bond donors (Lipinski definition) is 1. The van der Waals surface area contributed by atoms with Crippen LogP contribution in [0.5, 0.6) is 0 Å². The minimum absolute atomic E-state index is 0.113. The van der Waals surface area contributed by atoms with Gasteiger partial charge >= 0.3 is 0 Å². The van der Waals surface area contributed by atoms with Gasteiger partial charge in [0.2, 0.25) is 0 Å². The summed E-state index contributed by atoms with van der Waals surface area (Å²) in [6.07, 6.45) is 3.59. The van der Waals surface area contributed by atoms with Crippen LogP contribution in [0.1, 0.15) is 28.2 Å². The number of halogens is 3. The Bertz CT molecular complexity index is 1060. The van der Waals surface area contributed by atoms with E-state index in [4.69, 9.17) is 11.6 Å². The monoisotopic (exact) mass is 466 g/mol. The van der Waals surface area contributed by atoms with Gasteiger partial charge < -0.3 is 10.2 Å². The Morgan fingerprint density at radius 2 is 1.85 bits per heavy atom. The lowest BCUT2D eigenvalue weighted by Gasteiger charge is -2.62. The maximum absolute atomic E-state index is 17.0. The average Bonchev–Trinajstić information content (AvgIpc) is 2.71. The molecule has 0 saturated carbocycles. The van der Waals surface area contributed by atoms with Gasteiger partial charge in [0.15, 0.2) is 0 Å². The number of likely N-dealkylation sites (tertiary alicyclic amines) is 1. The van der Waals surface area contributed by atoms with Gasteiger partial charge in [0, 0.05) is 24.5 Å². The molecule has 0 aliphatic carbocycles. The predicted molar refractivity (Wildman–Crippen MR) is 144 cm³/mol. The molecule has 0 radical (unpaired) electrons. The molecule has 168 valence electrons. The molecule has 33 heavy (non-hydrogen) atoms. The summed E-state index contributed by atoms with van der Waals surface area (Å²) in [6, 6.07) is 3.92. The molecule has 3 rings (SSSR count). The van der Waals surface area contributed by atoms with Gasteiger partial charge in [-0.25, -0.2) is 18.7 Å². The van der Waals surface area contributed by atoms with Gasteiger partial charge in [0.05, 0.1) is 11.6 Å². The first-order chi connectivity index (χ1) is 15.1. The van der Waals surface area contributed by atoms with Crippen LogP contribution in [0.15, 0.2) is 30.6 Å². The number of benzene rings is 1. The quantitative estimate of drug-likeness (QED) is 0.483. The van der Waals surface area contributed by atoms with Crippen molar-refractivity contribution in [2.45, 2.75) is 41.4 Å². The number of hydrogen-bond acceptors (Lipinski definition) is 4. The smallest absolute Gasteiger partial charge is 0.253 e. The van der Waals surface area contributed by atoms with E-state index < -0.39 is 27.4 Å². The van der Waals surface area contributed by atoms with E-state index in [-0.39, 0.29) is 29.5 Å². The third kappa shape index (κ3) is 4.90. The zero-order chi connectivity index (χ0) is 24.8. The lowest BCUT2D eigenvalue weighted by molar-refractivity contribution is -0.000758. The van der Waals surface area contributed by atoms with Crippen molar-refractivity contribution >= 4 is 64.6 Å². The van der Waals surface area contributed by atoms with Gasteiger partial charge in [-0.05, 0) is 53.0 Å². The topological polar surface area (TPSA) is 58.1 Å². The second-order valence-corrected chi connectivity index (χ2v) is 11.3. The van der Waals surface area contributed by atoms with Crippen molar-refractivity contribution in [2.75, 3.05) is 6.54 Å². The molecular formula is C19H27B6ClF2N4O. The van der Waals surface area contributed by atoms with E-state index in [0.717, 1.165) is 5.56 Å². The van der Waals surface area contributed by atoms with Crippen molar-refractivity contribution in [1.29, 1.82) is 0 Å². The van der Waals surface area contributed by atoms with Crippen LogP contribution >= 0.6 is 11.6 Å². The number of nitrogens with one attached hydrogen (secondary N) is 1. The lowest BCUT2D eigenvalue weighted by atomic mass is 9.31. The normalized spacial score (nSPS) is 22.1. The molecule has 1 aromatic heterocycles. The van der Waals surface area contributed by atoms with Gasteiger partial charge in [-0.3, -0.25) is 4.79 Å². The SMILES string of the molecule is BC1(B)CC(F)(C(B)(B)NCc2ncc(C)cn2)C(B)(B)CN1C(=O)c1ccc(F)c(Cl)c1. The number of aromatic nitrogens is 2. The van der Waals surface area contributed by atoms with Crippen LogP contribution in [0.25, 0.3) is 0 Å². The van der Waals surface area contributed by atoms with Crippen molar-refractivity contribution in [3.05, 3.63) is 58.4 Å². The molecule has 1 N–H and O–H groups in total. The summed E-state index contributed by atoms with van der Waals surface area (Å²) in [5.41, 5.74) is -0.418. The molecule has 0 spiro atoms. The van der Waals surface area contributed by atoms with Gasteiger partial charge in [-0.2, -0.15) is 0 Å². The van der Waals surface area contributed by atoms with Crippen molar-refractivity contribution in [2.24, 2.45) is 0 Å². The molecule has 0 bridgehead atoms. The first-order valence-electron chi connectivity index (χ1n) is 11.1. The molecule has 1 atom stereocenters. The van der Waals surface area contributed by atoms with Crippen LogP contribution in [0.3, 0.4) is 0 Å². The van der Waals surface area contributed by atoms with E-state index in [0.29, 0.717) is 12.4 Å². The molecule has 1 unspecified atom stereocenters. The standard InChI is InChI=1S/C19H27B6ClF2N4O/c1-10-5-29-14(30-6-10)7-31-19(24,25)16(28)8-18(22,23)32(9-17(16,20)21)15(33)11-2-3-13(27)12(26)4-11/h2-6,31H,7-9,20-25H2,1H3. The molecular weight excluding hydrogens is 439 g/mol. The van der Waals surface area contributed by atoms with Gasteiger partial charge in [-0.15, -0.1) is 0 Å². The number of alkyl halides is 1. The van der Waals surface area contributed by atoms with Crippen LogP contribution in [0, 0.1) is 12.7 Å². The average molecular weight is 466 g/mol. The summed E-state index contributed by atoms with van der Waals surface area (Å²) in [4.78, 5) is 23.6. The van der Waals surface area contributed by atoms with Crippen LogP contribution in [-0.2, 0) is 6.54 Å². The number of nitrogens with zero attached hydrogens (tertiary/aromatic N) is 3. The molecule has 1 fully saturated rings. The fourth-order valence-corrected chi connectivity index (χ4v) is 5.00. The van der Waals surface area contributed by atoms with E-state index in [2.05, 4.69) is 15.3 Å². The van der Waals surface area contributed by atoms with E-state index in [1.165, 1.54) is 18.2 Å². The number of carbonyl (C=O) groups excluding carboxylic acids is 1. The summed E-state index contributed by atoms with van der Waals surface area (Å²) < 4.78 is 30.6. The highest BCUT2D eigenvalue weighted by Gasteiger charge is 2.61. The molecule has 1 aromatic carbocycles. The zero-order valence-corrected chi connectivity index (χ0v) is 21.1. The Labute approximate surface area is 204 Å². The summed E-state index contributed by atoms with van der Waals surface area (Å²) in [5, 5.41) is 0.606. The van der Waals surface area contributed by atoms with E-state index in [1.807, 2.05) is 54.0 Å². The number of rotatable bonds is 5. The van der Waals surface area contributed by atoms with E-state index in [9.17, 15) is 9.18 Å². The third-order valence-corrected chi connectivity index (χ3v) is 7.25. The van der Waals surface area contributed by atoms with Crippen molar-refractivity contribution in [3.63, 3.8) is 0 Å². The molecule has 5 nitrogen and oxygen atoms in total. The molecule has 2 aromatic rings. The third-order valence-electron chi connectivity index (χ3n) is 6.96. The molecule has 1 saturated heterocycles. The summed E-state index contributed by atoms with van der Waals surface area (Å²) in [7, 11) is 11.1. The molecule has 2 heterocycles. The Hall–Kier alpha value is -1.73. The zero-order valence-electron chi connectivity index (χ0n) is 20.4. The van der Waals surface area contributed by atoms with Gasteiger partial charge in [0.25, 0.3) is 5.91 Å². The van der Waals surface area contributed by atoms with Crippen molar-refractivity contribution in [3.8, 4) is 0 Å². The predicted octanol–water partition coefficient (Wildman–Crippen LogP) is -2.86. The van der Waals surface area contributed by atoms with Crippen LogP contribution in [0.2, 0.25) is 10.2 Å². The van der Waals surface area contributed by atoms with Crippen molar-refractivity contribution in [1.82, 2.24) is 20.2 Å². The second-order valence-electron chi connectivity index (χ2n) is 10.8. The lowest BCUT2D eigenvalue weighted by Crippen LogP contribution is -2.76. The summed E-state index contributed by atoms with van der Waals surface area (Å²) in [6.45, 7) is 2.43. The van der Waals surface area contributed by atoms with Crippen LogP contribution in [-0.4, -0.2) is 90.7 Å². The fourth-order valence-electron chi connectivity index (χ4n) is 4.81. The first kappa shape index (κ1) is 25.9. The Balaban J connectivity index is 1.87. The highest BCUT2D eigenvalue weighted by Crippen LogP contribution is 2.51. The molecule has 14 heteroatoms. The highest BCUT2D eigenvalue weighted by atomic mass is 35.5. The highest BCUT2D eigenvalue weighted by molar-refractivity contribution is 6.48. The Morgan fingerprint density at radius 3 is 2.42 bits per heavy atom. The summed E-state index contributed by atoms with van der Waals surface area (Å²) in [5.74, 6) is -0.286. The first-order valence-corrected chi connectivity index (χ1v) is 11.5. The number of piperidine rings is 1. The largest absolute Gasteiger partial charge is 0.350 e. The van der Waals surface area contributed by atoms with Gasteiger partial charge in [0.1, 0.15) is 64.4 Å². The minimum Gasteiger partial charge on any atom is -0.350 e. The number of aryl methyl sites for hydroxylation is 1. The Morgan fingerprint density at radius 1 is 1.24 bits per heavy atom. The second kappa shape index (κ2) is 8.80. The number of amides is 1. The van der Waals surface area contributed by atoms with Crippen molar-refractivity contribution < 1.29 is 13.6 Å². The van der Waals surface area contributed by atoms with E-state index >= 15 is 4.39 Å². The molecule has 1 aliphatic rings. The Kier molecular flexibility index (Phi) is 6.91. The maximum Gasteiger partial charge on any atom is 0.253 e. The van der Waals surface area contributed by atoms with Crippen LogP contribution < -0.4 is 5.32 Å². The fraction of sp³-hybridized carbons (Fsp3) is 0.421. The molecule has 1 amide bonds. The van der Waals surface area contributed by atoms with E-state index in [1.54, 1.807) is 17.3 Å². The maximum atomic E-state index is 17.0. The van der Waals surface area contributed by atoms with Gasteiger partial charge in [-0.1, -0.05) is 11.6 Å².